The highest BCUT2D eigenvalue weighted by Gasteiger charge is 2.19. The van der Waals surface area contributed by atoms with Crippen molar-refractivity contribution in [1.82, 2.24) is 9.55 Å². The molecule has 0 amide bonds. The quantitative estimate of drug-likeness (QED) is 0.701. The summed E-state index contributed by atoms with van der Waals surface area (Å²) in [5.74, 6) is 0.618. The zero-order valence-electron chi connectivity index (χ0n) is 15.3. The van der Waals surface area contributed by atoms with Crippen LogP contribution in [0.25, 0.3) is 10.9 Å². The van der Waals surface area contributed by atoms with Crippen LogP contribution in [0, 0.1) is 0 Å². The number of hydrogen-bond acceptors (Lipinski definition) is 2. The average Bonchev–Trinajstić information content (AvgIpc) is 2.63. The summed E-state index contributed by atoms with van der Waals surface area (Å²) in [5.41, 5.74) is 2.38. The van der Waals surface area contributed by atoms with Crippen molar-refractivity contribution in [1.29, 1.82) is 0 Å². The zero-order valence-corrected chi connectivity index (χ0v) is 15.3. The molecular formula is C22H30N2O. The molecular weight excluding hydrogens is 308 g/mol. The van der Waals surface area contributed by atoms with E-state index >= 15 is 0 Å². The number of benzene rings is 1. The van der Waals surface area contributed by atoms with Crippen LogP contribution in [0.15, 0.2) is 29.3 Å². The van der Waals surface area contributed by atoms with Crippen LogP contribution in [0.1, 0.15) is 94.6 Å². The van der Waals surface area contributed by atoms with E-state index in [1.165, 1.54) is 69.8 Å². The van der Waals surface area contributed by atoms with Gasteiger partial charge < -0.3 is 0 Å². The second-order valence-corrected chi connectivity index (χ2v) is 8.07. The third-order valence-electron chi connectivity index (χ3n) is 6.35. The maximum absolute atomic E-state index is 13.1. The van der Waals surface area contributed by atoms with Crippen LogP contribution in [-0.4, -0.2) is 9.55 Å². The van der Waals surface area contributed by atoms with Crippen molar-refractivity contribution < 1.29 is 0 Å². The third-order valence-corrected chi connectivity index (χ3v) is 6.35. The summed E-state index contributed by atoms with van der Waals surface area (Å²) >= 11 is 0. The summed E-state index contributed by atoms with van der Waals surface area (Å²) in [6.07, 6.45) is 17.1. The molecule has 2 fully saturated rings. The summed E-state index contributed by atoms with van der Waals surface area (Å²) in [6, 6.07) is 6.79. The van der Waals surface area contributed by atoms with E-state index in [0.717, 1.165) is 23.7 Å². The molecule has 1 heterocycles. The first kappa shape index (κ1) is 16.8. The summed E-state index contributed by atoms with van der Waals surface area (Å²) in [7, 11) is 0. The first-order valence-electron chi connectivity index (χ1n) is 10.3. The Morgan fingerprint density at radius 3 is 2.24 bits per heavy atom. The van der Waals surface area contributed by atoms with Crippen molar-refractivity contribution >= 4 is 10.9 Å². The minimum absolute atomic E-state index is 0.171. The lowest BCUT2D eigenvalue weighted by molar-refractivity contribution is 0.345. The molecule has 0 radical (unpaired) electrons. The highest BCUT2D eigenvalue weighted by molar-refractivity contribution is 5.78. The van der Waals surface area contributed by atoms with Gasteiger partial charge >= 0.3 is 0 Å². The summed E-state index contributed by atoms with van der Waals surface area (Å²) < 4.78 is 1.92. The van der Waals surface area contributed by atoms with Crippen LogP contribution in [0.2, 0.25) is 0 Å². The maximum atomic E-state index is 13.1. The number of fused-ring (bicyclic) bond motifs is 1. The Kier molecular flexibility index (Phi) is 5.19. The molecule has 2 aliphatic rings. The van der Waals surface area contributed by atoms with Gasteiger partial charge in [-0.25, -0.2) is 4.98 Å². The molecule has 1 aromatic heterocycles. The molecule has 1 aromatic carbocycles. The van der Waals surface area contributed by atoms with Crippen molar-refractivity contribution in [2.24, 2.45) is 0 Å². The van der Waals surface area contributed by atoms with Gasteiger partial charge in [0.1, 0.15) is 0 Å². The number of nitrogens with zero attached hydrogens (tertiary/aromatic N) is 2. The van der Waals surface area contributed by atoms with Gasteiger partial charge in [-0.05, 0) is 49.3 Å². The molecule has 134 valence electrons. The van der Waals surface area contributed by atoms with Crippen LogP contribution in [0.5, 0.6) is 0 Å². The molecule has 0 spiro atoms. The number of rotatable bonds is 2. The number of aromatic nitrogens is 2. The predicted octanol–water partition coefficient (Wildman–Crippen LogP) is 5.73. The monoisotopic (exact) mass is 338 g/mol. The SMILES string of the molecule is O=c1c2cc(C3CCCCCCC3)ccc2ncn1C1CCCCC1. The molecule has 3 nitrogen and oxygen atoms in total. The van der Waals surface area contributed by atoms with Crippen molar-refractivity contribution in [3.05, 3.63) is 40.4 Å². The van der Waals surface area contributed by atoms with Crippen LogP contribution < -0.4 is 5.56 Å². The van der Waals surface area contributed by atoms with Gasteiger partial charge in [0.05, 0.1) is 17.2 Å². The highest BCUT2D eigenvalue weighted by atomic mass is 16.1. The molecule has 2 aromatic rings. The maximum Gasteiger partial charge on any atom is 0.261 e. The fourth-order valence-electron chi connectivity index (χ4n) is 4.82. The molecule has 0 unspecified atom stereocenters. The second kappa shape index (κ2) is 7.72. The lowest BCUT2D eigenvalue weighted by atomic mass is 9.85. The van der Waals surface area contributed by atoms with E-state index in [1.807, 2.05) is 4.57 Å². The van der Waals surface area contributed by atoms with E-state index in [9.17, 15) is 4.79 Å². The average molecular weight is 338 g/mol. The third kappa shape index (κ3) is 3.65. The molecule has 25 heavy (non-hydrogen) atoms. The minimum atomic E-state index is 0.171. The van der Waals surface area contributed by atoms with Gasteiger partial charge in [0.15, 0.2) is 0 Å². The van der Waals surface area contributed by atoms with Gasteiger partial charge in [0.25, 0.3) is 5.56 Å². The van der Waals surface area contributed by atoms with Gasteiger partial charge in [0.2, 0.25) is 0 Å². The number of hydrogen-bond donors (Lipinski definition) is 0. The van der Waals surface area contributed by atoms with Crippen LogP contribution in [0.3, 0.4) is 0 Å². The molecule has 2 aliphatic carbocycles. The largest absolute Gasteiger partial charge is 0.296 e. The summed E-state index contributed by atoms with van der Waals surface area (Å²) in [4.78, 5) is 17.7. The highest BCUT2D eigenvalue weighted by Crippen LogP contribution is 2.32. The second-order valence-electron chi connectivity index (χ2n) is 8.07. The zero-order chi connectivity index (χ0) is 17.1. The van der Waals surface area contributed by atoms with Crippen LogP contribution >= 0.6 is 0 Å². The Morgan fingerprint density at radius 1 is 0.840 bits per heavy atom. The Hall–Kier alpha value is -1.64. The van der Waals surface area contributed by atoms with Crippen molar-refractivity contribution in [3.63, 3.8) is 0 Å². The van der Waals surface area contributed by atoms with Gasteiger partial charge in [-0.1, -0.05) is 57.4 Å². The topological polar surface area (TPSA) is 34.9 Å². The van der Waals surface area contributed by atoms with E-state index in [2.05, 4.69) is 23.2 Å². The normalized spacial score (nSPS) is 21.1. The lowest BCUT2D eigenvalue weighted by Gasteiger charge is -2.24. The molecule has 0 saturated heterocycles. The van der Waals surface area contributed by atoms with E-state index in [1.54, 1.807) is 6.33 Å². The van der Waals surface area contributed by atoms with Crippen LogP contribution in [-0.2, 0) is 0 Å². The Balaban J connectivity index is 1.68. The van der Waals surface area contributed by atoms with E-state index in [4.69, 9.17) is 0 Å². The molecule has 0 atom stereocenters. The molecule has 0 aliphatic heterocycles. The van der Waals surface area contributed by atoms with E-state index in [-0.39, 0.29) is 5.56 Å². The van der Waals surface area contributed by atoms with Crippen molar-refractivity contribution in [2.75, 3.05) is 0 Å². The van der Waals surface area contributed by atoms with Crippen LogP contribution in [0.4, 0.5) is 0 Å². The molecule has 2 saturated carbocycles. The first-order chi connectivity index (χ1) is 12.3. The van der Waals surface area contributed by atoms with Gasteiger partial charge in [-0.2, -0.15) is 0 Å². The van der Waals surface area contributed by atoms with Crippen molar-refractivity contribution in [2.45, 2.75) is 89.0 Å². The standard InChI is InChI=1S/C22H30N2O/c25-22-20-15-18(17-9-5-2-1-3-6-10-17)13-14-21(20)23-16-24(22)19-11-7-4-8-12-19/h13-17,19H,1-12H2. The van der Waals surface area contributed by atoms with Gasteiger partial charge in [-0.15, -0.1) is 0 Å². The molecule has 0 bridgehead atoms. The summed E-state index contributed by atoms with van der Waals surface area (Å²) in [5, 5.41) is 0.827. The van der Waals surface area contributed by atoms with E-state index in [0.29, 0.717) is 12.0 Å². The fourth-order valence-corrected chi connectivity index (χ4v) is 4.82. The van der Waals surface area contributed by atoms with Crippen molar-refractivity contribution in [3.8, 4) is 0 Å². The molecule has 0 N–H and O–H groups in total. The lowest BCUT2D eigenvalue weighted by Crippen LogP contribution is -2.26. The minimum Gasteiger partial charge on any atom is -0.296 e. The fraction of sp³-hybridized carbons (Fsp3) is 0.636. The Morgan fingerprint density at radius 2 is 1.48 bits per heavy atom. The van der Waals surface area contributed by atoms with E-state index < -0.39 is 0 Å². The smallest absolute Gasteiger partial charge is 0.261 e. The van der Waals surface area contributed by atoms with Gasteiger partial charge in [-0.3, -0.25) is 9.36 Å². The summed E-state index contributed by atoms with van der Waals surface area (Å²) in [6.45, 7) is 0. The Bertz CT molecular complexity index is 765. The van der Waals surface area contributed by atoms with Gasteiger partial charge in [0, 0.05) is 6.04 Å². The molecule has 4 rings (SSSR count). The molecule has 3 heteroatoms. The first-order valence-corrected chi connectivity index (χ1v) is 10.3. The Labute approximate surface area is 150 Å². The predicted molar refractivity (Wildman–Crippen MR) is 103 cm³/mol.